The molecule has 0 aliphatic carbocycles. The predicted octanol–water partition coefficient (Wildman–Crippen LogP) is 1.94. The van der Waals surface area contributed by atoms with Crippen molar-refractivity contribution >= 4 is 5.69 Å². The van der Waals surface area contributed by atoms with Crippen LogP contribution in [0.5, 0.6) is 5.75 Å². The number of aliphatic hydroxyl groups is 2. The molecular weight excluding hydrogens is 242 g/mol. The van der Waals surface area contributed by atoms with Gasteiger partial charge in [0.1, 0.15) is 5.75 Å². The zero-order valence-corrected chi connectivity index (χ0v) is 11.2. The van der Waals surface area contributed by atoms with Gasteiger partial charge in [-0.1, -0.05) is 6.07 Å². The van der Waals surface area contributed by atoms with E-state index in [4.69, 9.17) is 0 Å². The Balaban J connectivity index is 1.89. The van der Waals surface area contributed by atoms with E-state index < -0.39 is 6.10 Å². The Morgan fingerprint density at radius 3 is 2.37 bits per heavy atom. The Morgan fingerprint density at radius 2 is 1.84 bits per heavy atom. The first-order valence-corrected chi connectivity index (χ1v) is 7.03. The summed E-state index contributed by atoms with van der Waals surface area (Å²) in [5.74, 6) is 0.151. The van der Waals surface area contributed by atoms with Gasteiger partial charge in [0.05, 0.1) is 12.2 Å². The van der Waals surface area contributed by atoms with Crippen molar-refractivity contribution in [3.63, 3.8) is 0 Å². The number of phenols is 1. The summed E-state index contributed by atoms with van der Waals surface area (Å²) in [6.45, 7) is 1.65. The fourth-order valence-electron chi connectivity index (χ4n) is 3.62. The fraction of sp³-hybridized carbons (Fsp3) is 0.600. The molecule has 2 fully saturated rings. The van der Waals surface area contributed by atoms with Gasteiger partial charge in [-0.2, -0.15) is 0 Å². The molecule has 2 saturated heterocycles. The quantitative estimate of drug-likeness (QED) is 0.763. The third kappa shape index (κ3) is 2.19. The van der Waals surface area contributed by atoms with Crippen LogP contribution in [-0.4, -0.2) is 33.5 Å². The third-order valence-electron chi connectivity index (χ3n) is 4.47. The lowest BCUT2D eigenvalue weighted by molar-refractivity contribution is 0.126. The summed E-state index contributed by atoms with van der Waals surface area (Å²) in [5.41, 5.74) is 1.56. The van der Waals surface area contributed by atoms with E-state index >= 15 is 0 Å². The predicted molar refractivity (Wildman–Crippen MR) is 73.3 cm³/mol. The molecule has 3 rings (SSSR count). The molecule has 4 nitrogen and oxygen atoms in total. The van der Waals surface area contributed by atoms with Crippen molar-refractivity contribution in [2.75, 3.05) is 4.90 Å². The zero-order valence-electron chi connectivity index (χ0n) is 11.2. The van der Waals surface area contributed by atoms with Crippen molar-refractivity contribution in [1.82, 2.24) is 0 Å². The summed E-state index contributed by atoms with van der Waals surface area (Å²) >= 11 is 0. The topological polar surface area (TPSA) is 63.9 Å². The van der Waals surface area contributed by atoms with Crippen LogP contribution in [-0.2, 0) is 0 Å². The number of benzene rings is 1. The molecule has 3 atom stereocenters. The van der Waals surface area contributed by atoms with Crippen LogP contribution in [0, 0.1) is 0 Å². The Morgan fingerprint density at radius 1 is 1.21 bits per heavy atom. The smallest absolute Gasteiger partial charge is 0.123 e. The normalized spacial score (nSPS) is 31.5. The van der Waals surface area contributed by atoms with Crippen molar-refractivity contribution in [1.29, 1.82) is 0 Å². The van der Waals surface area contributed by atoms with Crippen molar-refractivity contribution in [3.8, 4) is 5.75 Å². The van der Waals surface area contributed by atoms with Gasteiger partial charge >= 0.3 is 0 Å². The highest BCUT2D eigenvalue weighted by Crippen LogP contribution is 2.41. The van der Waals surface area contributed by atoms with Crippen LogP contribution >= 0.6 is 0 Å². The molecule has 0 aromatic heterocycles. The average molecular weight is 263 g/mol. The molecule has 4 heteroatoms. The summed E-state index contributed by atoms with van der Waals surface area (Å²) in [6, 6.07) is 6.26. The Labute approximate surface area is 113 Å². The van der Waals surface area contributed by atoms with Gasteiger partial charge in [-0.3, -0.25) is 0 Å². The number of aliphatic hydroxyl groups excluding tert-OH is 2. The number of anilines is 1. The second kappa shape index (κ2) is 4.69. The number of fused-ring (bicyclic) bond motifs is 2. The van der Waals surface area contributed by atoms with E-state index in [-0.39, 0.29) is 11.9 Å². The number of hydrogen-bond donors (Lipinski definition) is 3. The summed E-state index contributed by atoms with van der Waals surface area (Å²) in [6.07, 6.45) is 3.01. The maximum atomic E-state index is 10.0. The van der Waals surface area contributed by atoms with Crippen LogP contribution in [0.4, 0.5) is 5.69 Å². The van der Waals surface area contributed by atoms with E-state index in [1.807, 2.05) is 6.07 Å². The van der Waals surface area contributed by atoms with Gasteiger partial charge in [0.15, 0.2) is 0 Å². The molecule has 2 aliphatic rings. The average Bonchev–Trinajstić information content (AvgIpc) is 2.61. The largest absolute Gasteiger partial charge is 0.507 e. The molecule has 0 saturated carbocycles. The van der Waals surface area contributed by atoms with Crippen LogP contribution < -0.4 is 4.90 Å². The van der Waals surface area contributed by atoms with Crippen LogP contribution in [0.2, 0.25) is 0 Å². The molecule has 104 valence electrons. The van der Waals surface area contributed by atoms with E-state index in [2.05, 4.69) is 4.90 Å². The van der Waals surface area contributed by atoms with Gasteiger partial charge in [-0.05, 0) is 38.7 Å². The molecule has 19 heavy (non-hydrogen) atoms. The molecule has 0 spiro atoms. The number of hydrogen-bond acceptors (Lipinski definition) is 4. The Kier molecular flexibility index (Phi) is 3.15. The van der Waals surface area contributed by atoms with Gasteiger partial charge in [-0.15, -0.1) is 0 Å². The van der Waals surface area contributed by atoms with E-state index in [0.29, 0.717) is 17.6 Å². The first kappa shape index (κ1) is 12.8. The minimum absolute atomic E-state index is 0.151. The third-order valence-corrected chi connectivity index (χ3v) is 4.47. The maximum absolute atomic E-state index is 10.0. The van der Waals surface area contributed by atoms with Gasteiger partial charge in [-0.25, -0.2) is 0 Å². The molecule has 2 bridgehead atoms. The zero-order chi connectivity index (χ0) is 13.6. The molecule has 0 amide bonds. The van der Waals surface area contributed by atoms with Crippen molar-refractivity contribution in [2.45, 2.75) is 56.9 Å². The lowest BCUT2D eigenvalue weighted by atomic mass is 9.98. The molecule has 3 unspecified atom stereocenters. The van der Waals surface area contributed by atoms with E-state index in [1.54, 1.807) is 19.1 Å². The van der Waals surface area contributed by atoms with Crippen LogP contribution in [0.3, 0.4) is 0 Å². The van der Waals surface area contributed by atoms with E-state index in [1.165, 1.54) is 0 Å². The number of nitrogens with zero attached hydrogens (tertiary/aromatic N) is 1. The van der Waals surface area contributed by atoms with Crippen LogP contribution in [0.25, 0.3) is 0 Å². The minimum Gasteiger partial charge on any atom is -0.507 e. The highest BCUT2D eigenvalue weighted by molar-refractivity contribution is 5.56. The van der Waals surface area contributed by atoms with Crippen molar-refractivity contribution in [3.05, 3.63) is 23.8 Å². The molecule has 2 heterocycles. The standard InChI is InChI=1S/C15H21NO3/c1-9(17)14-5-4-12(8-15(14)19)16-10-2-3-11(16)7-13(18)6-10/h4-5,8-11,13,17-19H,2-3,6-7H2,1H3. The van der Waals surface area contributed by atoms with Crippen molar-refractivity contribution < 1.29 is 15.3 Å². The van der Waals surface area contributed by atoms with E-state index in [0.717, 1.165) is 31.4 Å². The minimum atomic E-state index is -0.658. The molecule has 3 N–H and O–H groups in total. The monoisotopic (exact) mass is 263 g/mol. The lowest BCUT2D eigenvalue weighted by Gasteiger charge is -2.39. The van der Waals surface area contributed by atoms with Crippen molar-refractivity contribution in [2.24, 2.45) is 0 Å². The Hall–Kier alpha value is -1.26. The number of phenolic OH excluding ortho intramolecular Hbond substituents is 1. The summed E-state index contributed by atoms with van der Waals surface area (Å²) in [7, 11) is 0. The van der Waals surface area contributed by atoms with Gasteiger partial charge in [0.25, 0.3) is 0 Å². The molecule has 2 aliphatic heterocycles. The number of aromatic hydroxyl groups is 1. The van der Waals surface area contributed by atoms with Crippen LogP contribution in [0.1, 0.15) is 44.3 Å². The highest BCUT2D eigenvalue weighted by atomic mass is 16.3. The molecular formula is C15H21NO3. The Bertz CT molecular complexity index is 460. The van der Waals surface area contributed by atoms with Gasteiger partial charge in [0.2, 0.25) is 0 Å². The maximum Gasteiger partial charge on any atom is 0.123 e. The summed E-state index contributed by atoms with van der Waals surface area (Å²) in [4.78, 5) is 2.33. The van der Waals surface area contributed by atoms with E-state index in [9.17, 15) is 15.3 Å². The molecule has 1 aromatic rings. The summed E-state index contributed by atoms with van der Waals surface area (Å²) in [5, 5.41) is 29.4. The van der Waals surface area contributed by atoms with Gasteiger partial charge < -0.3 is 20.2 Å². The fourth-order valence-corrected chi connectivity index (χ4v) is 3.62. The first-order valence-electron chi connectivity index (χ1n) is 7.03. The molecule has 0 radical (unpaired) electrons. The first-order chi connectivity index (χ1) is 9.06. The second-order valence-electron chi connectivity index (χ2n) is 5.84. The highest BCUT2D eigenvalue weighted by Gasteiger charge is 2.40. The molecule has 1 aromatic carbocycles. The lowest BCUT2D eigenvalue weighted by Crippen LogP contribution is -2.44. The SMILES string of the molecule is CC(O)c1ccc(N2C3CCC2CC(O)C3)cc1O. The van der Waals surface area contributed by atoms with Crippen LogP contribution in [0.15, 0.2) is 18.2 Å². The summed E-state index contributed by atoms with van der Waals surface area (Å²) < 4.78 is 0. The number of rotatable bonds is 2. The van der Waals surface area contributed by atoms with Gasteiger partial charge in [0, 0.05) is 29.4 Å². The second-order valence-corrected chi connectivity index (χ2v) is 5.84. The number of piperidine rings is 1.